The smallest absolute Gasteiger partial charge is 0.248 e. The summed E-state index contributed by atoms with van der Waals surface area (Å²) < 4.78 is 44.3. The zero-order chi connectivity index (χ0) is 19.3. The molecule has 0 aliphatic heterocycles. The van der Waals surface area contributed by atoms with Crippen LogP contribution in [0.25, 0.3) is 0 Å². The van der Waals surface area contributed by atoms with Gasteiger partial charge in [0.15, 0.2) is 0 Å². The minimum Gasteiger partial charge on any atom is -0.492 e. The quantitative estimate of drug-likeness (QED) is 0.801. The number of carbonyl (C=O) groups excluding carboxylic acids is 1. The van der Waals surface area contributed by atoms with Crippen molar-refractivity contribution in [1.29, 1.82) is 0 Å². The molecule has 6 nitrogen and oxygen atoms in total. The highest BCUT2D eigenvalue weighted by molar-refractivity contribution is 7.92. The number of para-hydroxylation sites is 2. The Morgan fingerprint density at radius 2 is 1.92 bits per heavy atom. The van der Waals surface area contributed by atoms with Gasteiger partial charge >= 0.3 is 0 Å². The number of hydrogen-bond acceptors (Lipinski definition) is 4. The summed E-state index contributed by atoms with van der Waals surface area (Å²) in [5.74, 6) is -0.676. The van der Waals surface area contributed by atoms with Crippen molar-refractivity contribution < 1.29 is 22.3 Å². The maximum absolute atomic E-state index is 13.5. The maximum atomic E-state index is 13.5. The van der Waals surface area contributed by atoms with Crippen molar-refractivity contribution in [2.24, 2.45) is 0 Å². The highest BCUT2D eigenvalue weighted by Crippen LogP contribution is 2.26. The molecule has 0 aliphatic carbocycles. The van der Waals surface area contributed by atoms with Crippen molar-refractivity contribution in [2.45, 2.75) is 19.9 Å². The van der Waals surface area contributed by atoms with E-state index < -0.39 is 27.8 Å². The standard InChI is InChI=1S/C18H21FN2O4S/c1-4-25-17-11-6-5-10-16(17)20-18(22)13(2)21(26(3,23)24)15-9-7-8-14(19)12-15/h5-13H,4H2,1-3H3,(H,20,22). The number of sulfonamides is 1. The second-order valence-electron chi connectivity index (χ2n) is 5.63. The van der Waals surface area contributed by atoms with Crippen LogP contribution in [-0.2, 0) is 14.8 Å². The Kier molecular flexibility index (Phi) is 6.20. The van der Waals surface area contributed by atoms with Gasteiger partial charge in [0.05, 0.1) is 24.2 Å². The largest absolute Gasteiger partial charge is 0.492 e. The molecule has 0 bridgehead atoms. The predicted octanol–water partition coefficient (Wildman–Crippen LogP) is 3.02. The Balaban J connectivity index is 2.32. The molecule has 1 atom stereocenters. The zero-order valence-corrected chi connectivity index (χ0v) is 15.6. The molecule has 2 aromatic rings. The SMILES string of the molecule is CCOc1ccccc1NC(=O)C(C)N(c1cccc(F)c1)S(C)(=O)=O. The van der Waals surface area contributed by atoms with Gasteiger partial charge in [0, 0.05) is 0 Å². The molecule has 8 heteroatoms. The molecular weight excluding hydrogens is 359 g/mol. The number of anilines is 2. The van der Waals surface area contributed by atoms with Gasteiger partial charge < -0.3 is 10.1 Å². The molecule has 0 fully saturated rings. The summed E-state index contributed by atoms with van der Waals surface area (Å²) in [5.41, 5.74) is 0.507. The normalized spacial score (nSPS) is 12.3. The molecule has 2 aromatic carbocycles. The predicted molar refractivity (Wildman–Crippen MR) is 99.4 cm³/mol. The molecule has 140 valence electrons. The van der Waals surface area contributed by atoms with Crippen LogP contribution in [0.2, 0.25) is 0 Å². The van der Waals surface area contributed by atoms with E-state index in [9.17, 15) is 17.6 Å². The van der Waals surface area contributed by atoms with Gasteiger partial charge in [-0.2, -0.15) is 0 Å². The van der Waals surface area contributed by atoms with Crippen LogP contribution < -0.4 is 14.4 Å². The van der Waals surface area contributed by atoms with E-state index in [1.807, 2.05) is 6.92 Å². The number of amides is 1. The van der Waals surface area contributed by atoms with Crippen molar-refractivity contribution in [1.82, 2.24) is 0 Å². The van der Waals surface area contributed by atoms with Crippen molar-refractivity contribution in [3.8, 4) is 5.75 Å². The lowest BCUT2D eigenvalue weighted by Crippen LogP contribution is -2.45. The fraction of sp³-hybridized carbons (Fsp3) is 0.278. The summed E-state index contributed by atoms with van der Waals surface area (Å²) in [6.45, 7) is 3.67. The average molecular weight is 380 g/mol. The number of ether oxygens (including phenoxy) is 1. The van der Waals surface area contributed by atoms with E-state index in [4.69, 9.17) is 4.74 Å². The molecule has 0 aliphatic rings. The van der Waals surface area contributed by atoms with Crippen molar-refractivity contribution >= 4 is 27.3 Å². The first-order chi connectivity index (χ1) is 12.2. The van der Waals surface area contributed by atoms with E-state index in [2.05, 4.69) is 5.32 Å². The molecule has 2 rings (SSSR count). The fourth-order valence-corrected chi connectivity index (χ4v) is 3.68. The second kappa shape index (κ2) is 8.18. The third-order valence-corrected chi connectivity index (χ3v) is 4.84. The van der Waals surface area contributed by atoms with Gasteiger partial charge in [-0.3, -0.25) is 9.10 Å². The minimum atomic E-state index is -3.82. The topological polar surface area (TPSA) is 75.7 Å². The third-order valence-electron chi connectivity index (χ3n) is 3.60. The molecular formula is C18H21FN2O4S. The third kappa shape index (κ3) is 4.72. The summed E-state index contributed by atoms with van der Waals surface area (Å²) in [7, 11) is -3.82. The van der Waals surface area contributed by atoms with Gasteiger partial charge in [0.1, 0.15) is 17.6 Å². The van der Waals surface area contributed by atoms with Crippen molar-refractivity contribution in [3.05, 3.63) is 54.3 Å². The molecule has 0 spiro atoms. The highest BCUT2D eigenvalue weighted by atomic mass is 32.2. The van der Waals surface area contributed by atoms with Crippen LogP contribution in [0.3, 0.4) is 0 Å². The fourth-order valence-electron chi connectivity index (χ4n) is 2.51. The van der Waals surface area contributed by atoms with Crippen LogP contribution in [-0.4, -0.2) is 33.2 Å². The molecule has 1 unspecified atom stereocenters. The summed E-state index contributed by atoms with van der Waals surface area (Å²) in [4.78, 5) is 12.6. The van der Waals surface area contributed by atoms with Gasteiger partial charge in [-0.1, -0.05) is 18.2 Å². The lowest BCUT2D eigenvalue weighted by atomic mass is 10.2. The first-order valence-corrected chi connectivity index (χ1v) is 9.86. The molecule has 0 saturated heterocycles. The van der Waals surface area contributed by atoms with Crippen LogP contribution in [0.4, 0.5) is 15.8 Å². The maximum Gasteiger partial charge on any atom is 0.248 e. The number of nitrogens with zero attached hydrogens (tertiary/aromatic N) is 1. The van der Waals surface area contributed by atoms with Crippen LogP contribution in [0.1, 0.15) is 13.8 Å². The molecule has 26 heavy (non-hydrogen) atoms. The number of hydrogen-bond donors (Lipinski definition) is 1. The van der Waals surface area contributed by atoms with Crippen molar-refractivity contribution in [2.75, 3.05) is 22.5 Å². The van der Waals surface area contributed by atoms with Crippen LogP contribution in [0, 0.1) is 5.82 Å². The van der Waals surface area contributed by atoms with Crippen LogP contribution in [0.15, 0.2) is 48.5 Å². The summed E-state index contributed by atoms with van der Waals surface area (Å²) >= 11 is 0. The van der Waals surface area contributed by atoms with E-state index in [1.165, 1.54) is 25.1 Å². The molecule has 0 saturated carbocycles. The van der Waals surface area contributed by atoms with E-state index in [0.29, 0.717) is 18.0 Å². The summed E-state index contributed by atoms with van der Waals surface area (Å²) in [6, 6.07) is 10.8. The molecule has 1 amide bonds. The minimum absolute atomic E-state index is 0.0771. The number of nitrogens with one attached hydrogen (secondary N) is 1. The van der Waals surface area contributed by atoms with Crippen molar-refractivity contribution in [3.63, 3.8) is 0 Å². The first kappa shape index (κ1) is 19.7. The lowest BCUT2D eigenvalue weighted by Gasteiger charge is -2.28. The van der Waals surface area contributed by atoms with Gasteiger partial charge in [0.2, 0.25) is 15.9 Å². The van der Waals surface area contributed by atoms with E-state index >= 15 is 0 Å². The second-order valence-corrected chi connectivity index (χ2v) is 7.49. The number of halogens is 1. The molecule has 0 radical (unpaired) electrons. The van der Waals surface area contributed by atoms with E-state index in [0.717, 1.165) is 16.6 Å². The number of carbonyl (C=O) groups is 1. The highest BCUT2D eigenvalue weighted by Gasteiger charge is 2.29. The Hall–Kier alpha value is -2.61. The molecule has 0 heterocycles. The van der Waals surface area contributed by atoms with Gasteiger partial charge in [0.25, 0.3) is 0 Å². The van der Waals surface area contributed by atoms with Gasteiger partial charge in [-0.15, -0.1) is 0 Å². The lowest BCUT2D eigenvalue weighted by molar-refractivity contribution is -0.116. The Bertz CT molecular complexity index is 886. The van der Waals surface area contributed by atoms with Crippen LogP contribution in [0.5, 0.6) is 5.75 Å². The van der Waals surface area contributed by atoms with Gasteiger partial charge in [-0.05, 0) is 44.2 Å². The first-order valence-electron chi connectivity index (χ1n) is 8.01. The Morgan fingerprint density at radius 1 is 1.23 bits per heavy atom. The Morgan fingerprint density at radius 3 is 2.54 bits per heavy atom. The Labute approximate surface area is 152 Å². The molecule has 0 aromatic heterocycles. The van der Waals surface area contributed by atoms with Crippen LogP contribution >= 0.6 is 0 Å². The number of rotatable bonds is 7. The zero-order valence-electron chi connectivity index (χ0n) is 14.8. The van der Waals surface area contributed by atoms with E-state index in [-0.39, 0.29) is 5.69 Å². The monoisotopic (exact) mass is 380 g/mol. The molecule has 1 N–H and O–H groups in total. The average Bonchev–Trinajstić information content (AvgIpc) is 2.55. The van der Waals surface area contributed by atoms with E-state index in [1.54, 1.807) is 24.3 Å². The summed E-state index contributed by atoms with van der Waals surface area (Å²) in [5, 5.41) is 2.67. The summed E-state index contributed by atoms with van der Waals surface area (Å²) in [6.07, 6.45) is 0.968. The number of benzene rings is 2. The van der Waals surface area contributed by atoms with Gasteiger partial charge in [-0.25, -0.2) is 12.8 Å².